The highest BCUT2D eigenvalue weighted by molar-refractivity contribution is 7.10. The number of nitrogens with zero attached hydrogens (tertiary/aromatic N) is 1. The lowest BCUT2D eigenvalue weighted by molar-refractivity contribution is 0.148. The molecule has 0 radical (unpaired) electrons. The van der Waals surface area contributed by atoms with Crippen molar-refractivity contribution < 1.29 is 5.11 Å². The van der Waals surface area contributed by atoms with E-state index in [1.807, 2.05) is 11.4 Å². The molecule has 4 heteroatoms. The predicted molar refractivity (Wildman–Crippen MR) is 59.5 cm³/mol. The van der Waals surface area contributed by atoms with Crippen LogP contribution in [0.4, 0.5) is 0 Å². The SMILES string of the molecule is N#Cc1csc(CNCC(O)C2CC2)c1. The lowest BCUT2D eigenvalue weighted by Gasteiger charge is -2.09. The van der Waals surface area contributed by atoms with E-state index in [4.69, 9.17) is 5.26 Å². The van der Waals surface area contributed by atoms with Crippen LogP contribution < -0.4 is 5.32 Å². The third-order valence-electron chi connectivity index (χ3n) is 2.60. The van der Waals surface area contributed by atoms with Gasteiger partial charge in [0, 0.05) is 23.3 Å². The van der Waals surface area contributed by atoms with E-state index in [2.05, 4.69) is 11.4 Å². The molecule has 80 valence electrons. The van der Waals surface area contributed by atoms with Crippen molar-refractivity contribution in [1.82, 2.24) is 5.32 Å². The Kier molecular flexibility index (Phi) is 3.37. The fraction of sp³-hybridized carbons (Fsp3) is 0.545. The Morgan fingerprint density at radius 3 is 3.07 bits per heavy atom. The number of hydrogen-bond donors (Lipinski definition) is 2. The smallest absolute Gasteiger partial charge is 0.100 e. The molecule has 1 atom stereocenters. The molecular weight excluding hydrogens is 208 g/mol. The highest BCUT2D eigenvalue weighted by Gasteiger charge is 2.28. The fourth-order valence-electron chi connectivity index (χ4n) is 1.52. The second kappa shape index (κ2) is 4.75. The highest BCUT2D eigenvalue weighted by Crippen LogP contribution is 2.32. The van der Waals surface area contributed by atoms with Crippen molar-refractivity contribution >= 4 is 11.3 Å². The Hall–Kier alpha value is -0.890. The van der Waals surface area contributed by atoms with Crippen LogP contribution in [0.25, 0.3) is 0 Å². The van der Waals surface area contributed by atoms with E-state index in [-0.39, 0.29) is 6.10 Å². The minimum absolute atomic E-state index is 0.194. The summed E-state index contributed by atoms with van der Waals surface area (Å²) in [5.41, 5.74) is 0.722. The van der Waals surface area contributed by atoms with E-state index in [0.29, 0.717) is 12.5 Å². The van der Waals surface area contributed by atoms with Gasteiger partial charge in [-0.05, 0) is 24.8 Å². The van der Waals surface area contributed by atoms with Crippen LogP contribution in [0.15, 0.2) is 11.4 Å². The van der Waals surface area contributed by atoms with E-state index in [9.17, 15) is 5.11 Å². The maximum atomic E-state index is 9.61. The number of hydrogen-bond acceptors (Lipinski definition) is 4. The molecule has 15 heavy (non-hydrogen) atoms. The lowest BCUT2D eigenvalue weighted by atomic mass is 10.2. The molecule has 0 aliphatic heterocycles. The van der Waals surface area contributed by atoms with Crippen LogP contribution in [0.3, 0.4) is 0 Å². The van der Waals surface area contributed by atoms with Crippen molar-refractivity contribution in [3.63, 3.8) is 0 Å². The largest absolute Gasteiger partial charge is 0.392 e. The molecule has 1 saturated carbocycles. The molecule has 0 amide bonds. The van der Waals surface area contributed by atoms with Crippen molar-refractivity contribution in [1.29, 1.82) is 5.26 Å². The topological polar surface area (TPSA) is 56.0 Å². The van der Waals surface area contributed by atoms with Gasteiger partial charge in [0.15, 0.2) is 0 Å². The number of nitrogens with one attached hydrogen (secondary N) is 1. The van der Waals surface area contributed by atoms with Crippen molar-refractivity contribution in [2.24, 2.45) is 5.92 Å². The monoisotopic (exact) mass is 222 g/mol. The average Bonchev–Trinajstić information content (AvgIpc) is 2.99. The molecule has 1 aliphatic rings. The number of aliphatic hydroxyl groups is 1. The van der Waals surface area contributed by atoms with Crippen LogP contribution in [-0.4, -0.2) is 17.8 Å². The third kappa shape index (κ3) is 3.03. The van der Waals surface area contributed by atoms with Gasteiger partial charge in [0.05, 0.1) is 11.7 Å². The van der Waals surface area contributed by atoms with Crippen LogP contribution in [0, 0.1) is 17.2 Å². The zero-order valence-corrected chi connectivity index (χ0v) is 9.26. The van der Waals surface area contributed by atoms with Gasteiger partial charge in [0.25, 0.3) is 0 Å². The molecule has 0 aromatic carbocycles. The van der Waals surface area contributed by atoms with Gasteiger partial charge in [-0.3, -0.25) is 0 Å². The van der Waals surface area contributed by atoms with E-state index in [1.165, 1.54) is 12.8 Å². The summed E-state index contributed by atoms with van der Waals surface area (Å²) in [4.78, 5) is 1.15. The Balaban J connectivity index is 1.71. The molecule has 1 heterocycles. The summed E-state index contributed by atoms with van der Waals surface area (Å²) in [6, 6.07) is 4.00. The number of rotatable bonds is 5. The van der Waals surface area contributed by atoms with Crippen LogP contribution >= 0.6 is 11.3 Å². The molecule has 1 unspecified atom stereocenters. The molecule has 1 aliphatic carbocycles. The van der Waals surface area contributed by atoms with Gasteiger partial charge in [-0.25, -0.2) is 0 Å². The average molecular weight is 222 g/mol. The van der Waals surface area contributed by atoms with Crippen LogP contribution in [-0.2, 0) is 6.54 Å². The van der Waals surface area contributed by atoms with Crippen LogP contribution in [0.2, 0.25) is 0 Å². The summed E-state index contributed by atoms with van der Waals surface area (Å²) >= 11 is 1.58. The first-order valence-corrected chi connectivity index (χ1v) is 6.04. The molecule has 1 aromatic heterocycles. The lowest BCUT2D eigenvalue weighted by Crippen LogP contribution is -2.27. The highest BCUT2D eigenvalue weighted by atomic mass is 32.1. The first-order chi connectivity index (χ1) is 7.29. The van der Waals surface area contributed by atoms with E-state index in [1.54, 1.807) is 11.3 Å². The zero-order valence-electron chi connectivity index (χ0n) is 8.44. The van der Waals surface area contributed by atoms with E-state index >= 15 is 0 Å². The molecule has 1 fully saturated rings. The summed E-state index contributed by atoms with van der Waals surface area (Å²) in [5, 5.41) is 23.3. The van der Waals surface area contributed by atoms with Crippen molar-refractivity contribution in [2.75, 3.05) is 6.54 Å². The number of thiophene rings is 1. The van der Waals surface area contributed by atoms with Gasteiger partial charge in [0.1, 0.15) is 6.07 Å². The van der Waals surface area contributed by atoms with Gasteiger partial charge in [-0.1, -0.05) is 0 Å². The molecule has 2 N–H and O–H groups in total. The maximum absolute atomic E-state index is 9.61. The van der Waals surface area contributed by atoms with E-state index < -0.39 is 0 Å². The first-order valence-electron chi connectivity index (χ1n) is 5.16. The van der Waals surface area contributed by atoms with Gasteiger partial charge >= 0.3 is 0 Å². The molecule has 0 saturated heterocycles. The molecule has 0 spiro atoms. The quantitative estimate of drug-likeness (QED) is 0.793. The predicted octanol–water partition coefficient (Wildman–Crippen LogP) is 1.48. The Labute approximate surface area is 93.4 Å². The second-order valence-corrected chi connectivity index (χ2v) is 4.94. The molecule has 2 rings (SSSR count). The molecular formula is C11H14N2OS. The summed E-state index contributed by atoms with van der Waals surface area (Å²) in [6.45, 7) is 1.40. The minimum Gasteiger partial charge on any atom is -0.392 e. The maximum Gasteiger partial charge on any atom is 0.100 e. The Morgan fingerprint density at radius 2 is 2.47 bits per heavy atom. The molecule has 3 nitrogen and oxygen atoms in total. The summed E-state index contributed by atoms with van der Waals surface area (Å²) in [7, 11) is 0. The minimum atomic E-state index is -0.194. The number of nitriles is 1. The van der Waals surface area contributed by atoms with Crippen molar-refractivity contribution in [2.45, 2.75) is 25.5 Å². The standard InChI is InChI=1S/C11H14N2OS/c12-4-8-3-10(15-7-8)5-13-6-11(14)9-1-2-9/h3,7,9,11,13-14H,1-2,5-6H2. The summed E-state index contributed by atoms with van der Waals surface area (Å²) in [6.07, 6.45) is 2.14. The van der Waals surface area contributed by atoms with Gasteiger partial charge in [0.2, 0.25) is 0 Å². The normalized spacial score (nSPS) is 17.3. The summed E-state index contributed by atoms with van der Waals surface area (Å²) in [5.74, 6) is 0.524. The van der Waals surface area contributed by atoms with Crippen molar-refractivity contribution in [3.8, 4) is 6.07 Å². The second-order valence-electron chi connectivity index (χ2n) is 3.95. The molecule has 1 aromatic rings. The zero-order chi connectivity index (χ0) is 10.7. The summed E-state index contributed by atoms with van der Waals surface area (Å²) < 4.78 is 0. The van der Waals surface area contributed by atoms with Gasteiger partial charge in [-0.2, -0.15) is 5.26 Å². The van der Waals surface area contributed by atoms with Crippen LogP contribution in [0.1, 0.15) is 23.3 Å². The third-order valence-corrected chi connectivity index (χ3v) is 3.54. The number of aliphatic hydroxyl groups excluding tert-OH is 1. The van der Waals surface area contributed by atoms with E-state index in [0.717, 1.165) is 17.0 Å². The molecule has 0 bridgehead atoms. The Bertz CT molecular complexity index is 365. The van der Waals surface area contributed by atoms with Gasteiger partial charge in [-0.15, -0.1) is 11.3 Å². The fourth-order valence-corrected chi connectivity index (χ4v) is 2.30. The van der Waals surface area contributed by atoms with Crippen LogP contribution in [0.5, 0.6) is 0 Å². The first kappa shape index (κ1) is 10.6. The van der Waals surface area contributed by atoms with Gasteiger partial charge < -0.3 is 10.4 Å². The van der Waals surface area contributed by atoms with Crippen molar-refractivity contribution in [3.05, 3.63) is 21.9 Å². The Morgan fingerprint density at radius 1 is 1.67 bits per heavy atom.